The lowest BCUT2D eigenvalue weighted by molar-refractivity contribution is 0.0780. The number of aromatic nitrogens is 1. The highest BCUT2D eigenvalue weighted by molar-refractivity contribution is 5.99. The van der Waals surface area contributed by atoms with E-state index in [0.29, 0.717) is 11.5 Å². The van der Waals surface area contributed by atoms with E-state index in [1.54, 1.807) is 30.4 Å². The molecule has 0 bridgehead atoms. The van der Waals surface area contributed by atoms with E-state index >= 15 is 0 Å². The van der Waals surface area contributed by atoms with Gasteiger partial charge < -0.3 is 10.2 Å². The minimum atomic E-state index is 0.0282. The maximum atomic E-state index is 12.1. The van der Waals surface area contributed by atoms with Gasteiger partial charge in [-0.1, -0.05) is 13.8 Å². The predicted octanol–water partition coefficient (Wildman–Crippen LogP) is 1.85. The maximum absolute atomic E-state index is 12.1. The summed E-state index contributed by atoms with van der Waals surface area (Å²) in [6.07, 6.45) is 3.30. The van der Waals surface area contributed by atoms with E-state index in [1.807, 2.05) is 7.05 Å². The van der Waals surface area contributed by atoms with Crippen molar-refractivity contribution >= 4 is 11.6 Å². The molecule has 0 aromatic carbocycles. The van der Waals surface area contributed by atoms with Crippen molar-refractivity contribution in [2.24, 2.45) is 5.92 Å². The fourth-order valence-corrected chi connectivity index (χ4v) is 1.62. The topological polar surface area (TPSA) is 45.2 Å². The lowest BCUT2D eigenvalue weighted by Crippen LogP contribution is -2.30. The van der Waals surface area contributed by atoms with Crippen LogP contribution in [0, 0.1) is 5.92 Å². The van der Waals surface area contributed by atoms with Gasteiger partial charge >= 0.3 is 0 Å². The van der Waals surface area contributed by atoms with Gasteiger partial charge in [0.05, 0.1) is 17.4 Å². The van der Waals surface area contributed by atoms with Gasteiger partial charge in [-0.15, -0.1) is 0 Å². The molecule has 0 aliphatic heterocycles. The Morgan fingerprint density at radius 3 is 2.81 bits per heavy atom. The van der Waals surface area contributed by atoms with Crippen LogP contribution in [0.1, 0.15) is 24.2 Å². The highest BCUT2D eigenvalue weighted by Gasteiger charge is 2.15. The van der Waals surface area contributed by atoms with Gasteiger partial charge in [0.25, 0.3) is 5.91 Å². The first-order valence-electron chi connectivity index (χ1n) is 5.43. The molecule has 4 heteroatoms. The van der Waals surface area contributed by atoms with E-state index in [-0.39, 0.29) is 5.91 Å². The van der Waals surface area contributed by atoms with Crippen LogP contribution in [0.3, 0.4) is 0 Å². The minimum Gasteiger partial charge on any atom is -0.386 e. The first-order valence-corrected chi connectivity index (χ1v) is 5.43. The highest BCUT2D eigenvalue weighted by Crippen LogP contribution is 2.15. The molecule has 1 rings (SSSR count). The molecule has 1 N–H and O–H groups in total. The van der Waals surface area contributed by atoms with Crippen molar-refractivity contribution in [3.8, 4) is 0 Å². The summed E-state index contributed by atoms with van der Waals surface area (Å²) in [6.45, 7) is 4.94. The third-order valence-corrected chi connectivity index (χ3v) is 2.31. The number of hydrogen-bond acceptors (Lipinski definition) is 3. The Hall–Kier alpha value is -1.58. The summed E-state index contributed by atoms with van der Waals surface area (Å²) < 4.78 is 0. The Morgan fingerprint density at radius 1 is 1.56 bits per heavy atom. The number of amides is 1. The van der Waals surface area contributed by atoms with E-state index < -0.39 is 0 Å². The third-order valence-electron chi connectivity index (χ3n) is 2.31. The summed E-state index contributed by atoms with van der Waals surface area (Å²) in [4.78, 5) is 17.8. The average molecular weight is 221 g/mol. The molecule has 0 spiro atoms. The number of anilines is 1. The van der Waals surface area contributed by atoms with Crippen molar-refractivity contribution in [3.05, 3.63) is 24.0 Å². The summed E-state index contributed by atoms with van der Waals surface area (Å²) >= 11 is 0. The van der Waals surface area contributed by atoms with Gasteiger partial charge in [0.2, 0.25) is 0 Å². The second kappa shape index (κ2) is 5.49. The van der Waals surface area contributed by atoms with Crippen LogP contribution >= 0.6 is 0 Å². The molecule has 1 heterocycles. The van der Waals surface area contributed by atoms with E-state index in [0.717, 1.165) is 12.2 Å². The SMILES string of the molecule is CNc1cnccc1C(=O)N(C)CC(C)C. The van der Waals surface area contributed by atoms with Crippen LogP contribution in [-0.4, -0.2) is 36.4 Å². The van der Waals surface area contributed by atoms with Crippen molar-refractivity contribution in [2.45, 2.75) is 13.8 Å². The zero-order chi connectivity index (χ0) is 12.1. The van der Waals surface area contributed by atoms with Crippen LogP contribution in [0.25, 0.3) is 0 Å². The Balaban J connectivity index is 2.87. The summed E-state index contributed by atoms with van der Waals surface area (Å²) in [7, 11) is 3.61. The van der Waals surface area contributed by atoms with E-state index in [1.165, 1.54) is 0 Å². The molecule has 0 unspecified atom stereocenters. The quantitative estimate of drug-likeness (QED) is 0.844. The number of carbonyl (C=O) groups is 1. The van der Waals surface area contributed by atoms with Gasteiger partial charge in [-0.25, -0.2) is 0 Å². The number of hydrogen-bond donors (Lipinski definition) is 1. The largest absolute Gasteiger partial charge is 0.386 e. The normalized spacial score (nSPS) is 10.3. The Bertz CT molecular complexity index is 363. The van der Waals surface area contributed by atoms with Gasteiger partial charge in [0.15, 0.2) is 0 Å². The molecule has 0 saturated carbocycles. The molecule has 88 valence electrons. The summed E-state index contributed by atoms with van der Waals surface area (Å²) in [5.41, 5.74) is 1.43. The lowest BCUT2D eigenvalue weighted by atomic mass is 10.1. The number of nitrogens with one attached hydrogen (secondary N) is 1. The monoisotopic (exact) mass is 221 g/mol. The fourth-order valence-electron chi connectivity index (χ4n) is 1.62. The predicted molar refractivity (Wildman–Crippen MR) is 65.6 cm³/mol. The summed E-state index contributed by atoms with van der Waals surface area (Å²) in [6, 6.07) is 1.74. The zero-order valence-electron chi connectivity index (χ0n) is 10.3. The van der Waals surface area contributed by atoms with E-state index in [2.05, 4.69) is 24.1 Å². The lowest BCUT2D eigenvalue weighted by Gasteiger charge is -2.20. The first-order chi connectivity index (χ1) is 7.56. The minimum absolute atomic E-state index is 0.0282. The fraction of sp³-hybridized carbons (Fsp3) is 0.500. The number of nitrogens with zero attached hydrogens (tertiary/aromatic N) is 2. The average Bonchev–Trinajstić information content (AvgIpc) is 2.27. The van der Waals surface area contributed by atoms with Gasteiger partial charge in [0.1, 0.15) is 0 Å². The molecule has 4 nitrogen and oxygen atoms in total. The van der Waals surface area contributed by atoms with Gasteiger partial charge in [-0.2, -0.15) is 0 Å². The molecular weight excluding hydrogens is 202 g/mol. The Labute approximate surface area is 96.7 Å². The molecule has 1 aromatic rings. The van der Waals surface area contributed by atoms with Crippen molar-refractivity contribution in [3.63, 3.8) is 0 Å². The van der Waals surface area contributed by atoms with E-state index in [4.69, 9.17) is 0 Å². The van der Waals surface area contributed by atoms with Gasteiger partial charge in [-0.3, -0.25) is 9.78 Å². The van der Waals surface area contributed by atoms with Crippen molar-refractivity contribution in [1.29, 1.82) is 0 Å². The van der Waals surface area contributed by atoms with E-state index in [9.17, 15) is 4.79 Å². The standard InChI is InChI=1S/C12H19N3O/c1-9(2)8-15(4)12(16)10-5-6-14-7-11(10)13-3/h5-7,9,13H,8H2,1-4H3. The van der Waals surface area contributed by atoms with Crippen LogP contribution in [0.5, 0.6) is 0 Å². The Kier molecular flexibility index (Phi) is 4.28. The van der Waals surface area contributed by atoms with Gasteiger partial charge in [0, 0.05) is 26.8 Å². The summed E-state index contributed by atoms with van der Waals surface area (Å²) in [5.74, 6) is 0.495. The number of rotatable bonds is 4. The smallest absolute Gasteiger partial charge is 0.255 e. The molecule has 0 fully saturated rings. The molecule has 1 aromatic heterocycles. The van der Waals surface area contributed by atoms with Crippen LogP contribution in [-0.2, 0) is 0 Å². The van der Waals surface area contributed by atoms with Crippen molar-refractivity contribution in [2.75, 3.05) is 26.0 Å². The molecule has 16 heavy (non-hydrogen) atoms. The maximum Gasteiger partial charge on any atom is 0.255 e. The number of pyridine rings is 1. The second-order valence-corrected chi connectivity index (χ2v) is 4.25. The first kappa shape index (κ1) is 12.5. The van der Waals surface area contributed by atoms with Crippen LogP contribution in [0.15, 0.2) is 18.5 Å². The zero-order valence-corrected chi connectivity index (χ0v) is 10.3. The molecular formula is C12H19N3O. The highest BCUT2D eigenvalue weighted by atomic mass is 16.2. The molecule has 0 radical (unpaired) electrons. The van der Waals surface area contributed by atoms with Crippen molar-refractivity contribution < 1.29 is 4.79 Å². The molecule has 0 atom stereocenters. The van der Waals surface area contributed by atoms with Crippen LogP contribution < -0.4 is 5.32 Å². The number of carbonyl (C=O) groups excluding carboxylic acids is 1. The van der Waals surface area contributed by atoms with Gasteiger partial charge in [-0.05, 0) is 12.0 Å². The molecule has 0 saturated heterocycles. The second-order valence-electron chi connectivity index (χ2n) is 4.25. The molecule has 0 aliphatic rings. The summed E-state index contributed by atoms with van der Waals surface area (Å²) in [5, 5.41) is 2.97. The molecule has 1 amide bonds. The van der Waals surface area contributed by atoms with Crippen LogP contribution in [0.2, 0.25) is 0 Å². The molecule has 0 aliphatic carbocycles. The third kappa shape index (κ3) is 2.95. The van der Waals surface area contributed by atoms with Crippen LogP contribution in [0.4, 0.5) is 5.69 Å². The van der Waals surface area contributed by atoms with Crippen molar-refractivity contribution in [1.82, 2.24) is 9.88 Å². The Morgan fingerprint density at radius 2 is 2.25 bits per heavy atom.